The summed E-state index contributed by atoms with van der Waals surface area (Å²) in [5.41, 5.74) is 2.99. The molecule has 26 heavy (non-hydrogen) atoms. The molecule has 138 valence electrons. The molecule has 0 fully saturated rings. The highest BCUT2D eigenvalue weighted by Gasteiger charge is 2.05. The van der Waals surface area contributed by atoms with Crippen molar-refractivity contribution in [2.24, 2.45) is 4.99 Å². The third kappa shape index (κ3) is 6.59. The monoisotopic (exact) mass is 353 g/mol. The van der Waals surface area contributed by atoms with Gasteiger partial charge in [-0.15, -0.1) is 0 Å². The number of aliphatic imine (C=N–C) groups is 1. The number of carbonyl (C=O) groups is 1. The van der Waals surface area contributed by atoms with Crippen molar-refractivity contribution in [1.29, 1.82) is 0 Å². The van der Waals surface area contributed by atoms with Crippen molar-refractivity contribution >= 4 is 11.9 Å². The first-order chi connectivity index (χ1) is 12.7. The molecular formula is C21H27N3O2. The van der Waals surface area contributed by atoms with Gasteiger partial charge in [0.15, 0.2) is 5.96 Å². The minimum Gasteiger partial charge on any atom is -0.462 e. The van der Waals surface area contributed by atoms with E-state index in [4.69, 9.17) is 4.74 Å². The Hall–Kier alpha value is -2.82. The maximum atomic E-state index is 11.7. The van der Waals surface area contributed by atoms with E-state index in [0.29, 0.717) is 18.7 Å². The fraction of sp³-hybridized carbons (Fsp3) is 0.333. The zero-order valence-corrected chi connectivity index (χ0v) is 15.5. The van der Waals surface area contributed by atoms with Crippen LogP contribution in [0, 0.1) is 0 Å². The van der Waals surface area contributed by atoms with Crippen molar-refractivity contribution in [1.82, 2.24) is 10.6 Å². The van der Waals surface area contributed by atoms with E-state index in [2.05, 4.69) is 39.9 Å². The molecule has 0 aliphatic rings. The number of nitrogens with one attached hydrogen (secondary N) is 2. The van der Waals surface area contributed by atoms with Gasteiger partial charge >= 0.3 is 5.97 Å². The lowest BCUT2D eigenvalue weighted by atomic mass is 10.1. The van der Waals surface area contributed by atoms with Crippen LogP contribution in [0.25, 0.3) is 0 Å². The maximum Gasteiger partial charge on any atom is 0.338 e. The van der Waals surface area contributed by atoms with Gasteiger partial charge in [-0.3, -0.25) is 4.99 Å². The van der Waals surface area contributed by atoms with E-state index in [1.807, 2.05) is 18.2 Å². The first kappa shape index (κ1) is 19.5. The second kappa shape index (κ2) is 10.9. The van der Waals surface area contributed by atoms with Crippen LogP contribution < -0.4 is 10.6 Å². The van der Waals surface area contributed by atoms with Crippen LogP contribution >= 0.6 is 0 Å². The summed E-state index contributed by atoms with van der Waals surface area (Å²) in [5.74, 6) is 0.482. The van der Waals surface area contributed by atoms with Gasteiger partial charge in [-0.1, -0.05) is 42.5 Å². The molecule has 0 spiro atoms. The number of carbonyl (C=O) groups excluding carboxylic acids is 1. The highest BCUT2D eigenvalue weighted by Crippen LogP contribution is 2.06. The number of rotatable bonds is 8. The van der Waals surface area contributed by atoms with Crippen LogP contribution in [0.2, 0.25) is 0 Å². The summed E-state index contributed by atoms with van der Waals surface area (Å²) in [6.07, 6.45) is 2.08. The minimum absolute atomic E-state index is 0.289. The highest BCUT2D eigenvalue weighted by atomic mass is 16.5. The third-order valence-electron chi connectivity index (χ3n) is 3.93. The summed E-state index contributed by atoms with van der Waals surface area (Å²) in [6, 6.07) is 17.9. The van der Waals surface area contributed by atoms with Crippen LogP contribution in [0.4, 0.5) is 0 Å². The molecule has 2 aromatic carbocycles. The third-order valence-corrected chi connectivity index (χ3v) is 3.93. The molecule has 5 heteroatoms. The molecule has 0 saturated heterocycles. The maximum absolute atomic E-state index is 11.7. The molecule has 2 aromatic rings. The number of benzene rings is 2. The lowest BCUT2D eigenvalue weighted by Gasteiger charge is -2.12. The SMILES string of the molecule is CCOC(=O)c1ccc(CNC(=NC)NCCCc2ccccc2)cc1. The molecule has 0 atom stereocenters. The van der Waals surface area contributed by atoms with Crippen molar-refractivity contribution in [3.8, 4) is 0 Å². The van der Waals surface area contributed by atoms with Crippen LogP contribution in [0.15, 0.2) is 59.6 Å². The minimum atomic E-state index is -0.289. The molecule has 0 amide bonds. The van der Waals surface area contributed by atoms with E-state index < -0.39 is 0 Å². The Labute approximate surface area is 155 Å². The highest BCUT2D eigenvalue weighted by molar-refractivity contribution is 5.89. The number of hydrogen-bond acceptors (Lipinski definition) is 3. The summed E-state index contributed by atoms with van der Waals surface area (Å²) in [7, 11) is 1.76. The molecule has 0 saturated carbocycles. The van der Waals surface area contributed by atoms with E-state index in [1.54, 1.807) is 26.1 Å². The molecule has 0 unspecified atom stereocenters. The first-order valence-corrected chi connectivity index (χ1v) is 8.97. The quantitative estimate of drug-likeness (QED) is 0.331. The van der Waals surface area contributed by atoms with Crippen LogP contribution in [-0.4, -0.2) is 32.1 Å². The van der Waals surface area contributed by atoms with Crippen LogP contribution in [-0.2, 0) is 17.7 Å². The Morgan fingerprint density at radius 1 is 1.00 bits per heavy atom. The molecular weight excluding hydrogens is 326 g/mol. The normalized spacial score (nSPS) is 11.1. The number of nitrogens with zero attached hydrogens (tertiary/aromatic N) is 1. The zero-order valence-electron chi connectivity index (χ0n) is 15.5. The predicted octanol–water partition coefficient (Wildman–Crippen LogP) is 3.16. The van der Waals surface area contributed by atoms with Gasteiger partial charge in [-0.05, 0) is 43.0 Å². The largest absolute Gasteiger partial charge is 0.462 e. The summed E-state index contributed by atoms with van der Waals surface area (Å²) in [5, 5.41) is 6.60. The first-order valence-electron chi connectivity index (χ1n) is 8.97. The van der Waals surface area contributed by atoms with Gasteiger partial charge in [0.25, 0.3) is 0 Å². The Bertz CT molecular complexity index is 697. The van der Waals surface area contributed by atoms with Gasteiger partial charge in [-0.25, -0.2) is 4.79 Å². The van der Waals surface area contributed by atoms with Crippen LogP contribution in [0.5, 0.6) is 0 Å². The zero-order chi connectivity index (χ0) is 18.6. The van der Waals surface area contributed by atoms with E-state index in [9.17, 15) is 4.79 Å². The summed E-state index contributed by atoms with van der Waals surface area (Å²) >= 11 is 0. The Balaban J connectivity index is 1.72. The lowest BCUT2D eigenvalue weighted by molar-refractivity contribution is 0.0526. The Morgan fingerprint density at radius 2 is 1.73 bits per heavy atom. The van der Waals surface area contributed by atoms with Gasteiger partial charge in [0.1, 0.15) is 0 Å². The number of hydrogen-bond donors (Lipinski definition) is 2. The van der Waals surface area contributed by atoms with Crippen molar-refractivity contribution < 1.29 is 9.53 Å². The molecule has 5 nitrogen and oxygen atoms in total. The van der Waals surface area contributed by atoms with Gasteiger partial charge in [-0.2, -0.15) is 0 Å². The topological polar surface area (TPSA) is 62.7 Å². The van der Waals surface area contributed by atoms with Crippen molar-refractivity contribution in [3.63, 3.8) is 0 Å². The smallest absolute Gasteiger partial charge is 0.338 e. The average molecular weight is 353 g/mol. The van der Waals surface area contributed by atoms with E-state index in [-0.39, 0.29) is 5.97 Å². The fourth-order valence-electron chi connectivity index (χ4n) is 2.52. The number of esters is 1. The van der Waals surface area contributed by atoms with Crippen molar-refractivity contribution in [2.45, 2.75) is 26.3 Å². The van der Waals surface area contributed by atoms with Gasteiger partial charge in [0.2, 0.25) is 0 Å². The molecule has 0 aliphatic heterocycles. The lowest BCUT2D eigenvalue weighted by Crippen LogP contribution is -2.37. The van der Waals surface area contributed by atoms with Crippen LogP contribution in [0.1, 0.15) is 34.8 Å². The molecule has 0 aliphatic carbocycles. The Morgan fingerprint density at radius 3 is 2.38 bits per heavy atom. The van der Waals surface area contributed by atoms with E-state index >= 15 is 0 Å². The molecule has 0 aromatic heterocycles. The fourth-order valence-corrected chi connectivity index (χ4v) is 2.52. The number of aryl methyl sites for hydroxylation is 1. The number of guanidine groups is 1. The number of ether oxygens (including phenoxy) is 1. The van der Waals surface area contributed by atoms with Gasteiger partial charge in [0.05, 0.1) is 12.2 Å². The summed E-state index contributed by atoms with van der Waals surface area (Å²) in [6.45, 7) is 3.68. The second-order valence-electron chi connectivity index (χ2n) is 5.86. The second-order valence-corrected chi connectivity index (χ2v) is 5.86. The van der Waals surface area contributed by atoms with Crippen LogP contribution in [0.3, 0.4) is 0 Å². The standard InChI is InChI=1S/C21H27N3O2/c1-3-26-20(25)19-13-11-18(12-14-19)16-24-21(22-2)23-15-7-10-17-8-5-4-6-9-17/h4-6,8-9,11-14H,3,7,10,15-16H2,1-2H3,(H2,22,23,24). The molecule has 2 N–H and O–H groups in total. The molecule has 0 radical (unpaired) electrons. The average Bonchev–Trinajstić information content (AvgIpc) is 2.69. The van der Waals surface area contributed by atoms with E-state index in [1.165, 1.54) is 5.56 Å². The molecule has 0 bridgehead atoms. The van der Waals surface area contributed by atoms with Gasteiger partial charge in [0, 0.05) is 20.1 Å². The van der Waals surface area contributed by atoms with Crippen molar-refractivity contribution in [2.75, 3.05) is 20.2 Å². The molecule has 2 rings (SSSR count). The summed E-state index contributed by atoms with van der Waals surface area (Å²) < 4.78 is 4.99. The molecule has 0 heterocycles. The van der Waals surface area contributed by atoms with Crippen molar-refractivity contribution in [3.05, 3.63) is 71.3 Å². The Kier molecular flexibility index (Phi) is 8.19. The van der Waals surface area contributed by atoms with Gasteiger partial charge < -0.3 is 15.4 Å². The van der Waals surface area contributed by atoms with E-state index in [0.717, 1.165) is 30.9 Å². The predicted molar refractivity (Wildman–Crippen MR) is 105 cm³/mol. The summed E-state index contributed by atoms with van der Waals surface area (Å²) in [4.78, 5) is 15.9.